The molecule has 3 aromatic rings. The van der Waals surface area contributed by atoms with Crippen molar-refractivity contribution in [1.82, 2.24) is 9.55 Å². The number of anilines is 1. The standard InChI is InChI=1S/C21H18BrN3O5/c1-10-6-11-7-12(22)8-15-18(11)25(20(28)19(27)24-15)16(10)9-17(26)23-14-5-3-2-4-13(14)21(29)30/h2-5,7-8,10,16H,6,9H2,1H3,(H,23,26)(H,24,27)(H,29,30). The average Bonchev–Trinajstić information content (AvgIpc) is 2.67. The van der Waals surface area contributed by atoms with Gasteiger partial charge < -0.3 is 15.4 Å². The summed E-state index contributed by atoms with van der Waals surface area (Å²) in [5.74, 6) is -1.67. The summed E-state index contributed by atoms with van der Waals surface area (Å²) in [5, 5.41) is 11.9. The van der Waals surface area contributed by atoms with Gasteiger partial charge in [-0.15, -0.1) is 0 Å². The molecule has 154 valence electrons. The molecule has 0 aliphatic carbocycles. The van der Waals surface area contributed by atoms with Crippen LogP contribution in [0.15, 0.2) is 50.5 Å². The number of aromatic nitrogens is 2. The van der Waals surface area contributed by atoms with Crippen molar-refractivity contribution in [3.05, 3.63) is 72.7 Å². The number of nitrogens with one attached hydrogen (secondary N) is 2. The summed E-state index contributed by atoms with van der Waals surface area (Å²) in [6, 6.07) is 9.22. The van der Waals surface area contributed by atoms with Crippen molar-refractivity contribution in [3.8, 4) is 0 Å². The molecule has 2 unspecified atom stereocenters. The molecule has 9 heteroatoms. The number of carbonyl (C=O) groups excluding carboxylic acids is 1. The van der Waals surface area contributed by atoms with Crippen LogP contribution in [0.4, 0.5) is 5.69 Å². The molecule has 0 fully saturated rings. The van der Waals surface area contributed by atoms with Crippen LogP contribution in [0.1, 0.15) is 35.3 Å². The maximum absolute atomic E-state index is 12.8. The number of halogens is 1. The molecule has 1 aliphatic heterocycles. The Labute approximate surface area is 178 Å². The van der Waals surface area contributed by atoms with Gasteiger partial charge in [0.2, 0.25) is 5.91 Å². The highest BCUT2D eigenvalue weighted by Crippen LogP contribution is 2.36. The number of carboxylic acids is 1. The van der Waals surface area contributed by atoms with Gasteiger partial charge in [-0.3, -0.25) is 19.0 Å². The van der Waals surface area contributed by atoms with E-state index in [2.05, 4.69) is 26.2 Å². The van der Waals surface area contributed by atoms with E-state index in [1.165, 1.54) is 16.7 Å². The summed E-state index contributed by atoms with van der Waals surface area (Å²) in [4.78, 5) is 51.7. The molecular weight excluding hydrogens is 454 g/mol. The minimum atomic E-state index is -1.15. The zero-order valence-corrected chi connectivity index (χ0v) is 17.5. The lowest BCUT2D eigenvalue weighted by atomic mass is 9.87. The quantitative estimate of drug-likeness (QED) is 0.505. The van der Waals surface area contributed by atoms with Crippen molar-refractivity contribution in [2.75, 3.05) is 5.32 Å². The molecule has 3 N–H and O–H groups in total. The molecule has 4 rings (SSSR count). The number of aromatic amines is 1. The molecule has 30 heavy (non-hydrogen) atoms. The number of para-hydroxylation sites is 1. The van der Waals surface area contributed by atoms with Crippen molar-refractivity contribution in [2.45, 2.75) is 25.8 Å². The predicted octanol–water partition coefficient (Wildman–Crippen LogP) is 2.91. The highest BCUT2D eigenvalue weighted by atomic mass is 79.9. The molecule has 0 spiro atoms. The van der Waals surface area contributed by atoms with E-state index in [-0.39, 0.29) is 23.6 Å². The van der Waals surface area contributed by atoms with Crippen LogP contribution in [0.25, 0.3) is 11.0 Å². The second-order valence-electron chi connectivity index (χ2n) is 7.44. The number of carbonyl (C=O) groups is 2. The van der Waals surface area contributed by atoms with Gasteiger partial charge in [-0.05, 0) is 42.2 Å². The second-order valence-corrected chi connectivity index (χ2v) is 8.36. The van der Waals surface area contributed by atoms with Crippen molar-refractivity contribution >= 4 is 44.5 Å². The van der Waals surface area contributed by atoms with Crippen LogP contribution < -0.4 is 16.4 Å². The number of amides is 1. The molecule has 0 bridgehead atoms. The van der Waals surface area contributed by atoms with Gasteiger partial charge in [-0.2, -0.15) is 0 Å². The summed E-state index contributed by atoms with van der Waals surface area (Å²) < 4.78 is 2.20. The van der Waals surface area contributed by atoms with Crippen LogP contribution in [-0.2, 0) is 11.2 Å². The van der Waals surface area contributed by atoms with Crippen molar-refractivity contribution < 1.29 is 14.7 Å². The lowest BCUT2D eigenvalue weighted by Gasteiger charge is -2.32. The number of H-pyrrole nitrogens is 1. The van der Waals surface area contributed by atoms with Gasteiger partial charge in [0.15, 0.2) is 0 Å². The number of hydrogen-bond acceptors (Lipinski definition) is 4. The van der Waals surface area contributed by atoms with E-state index in [4.69, 9.17) is 0 Å². The van der Waals surface area contributed by atoms with Crippen LogP contribution >= 0.6 is 15.9 Å². The molecule has 1 aromatic heterocycles. The first kappa shape index (κ1) is 20.1. The minimum Gasteiger partial charge on any atom is -0.478 e. The fourth-order valence-corrected chi connectivity index (χ4v) is 4.60. The first-order chi connectivity index (χ1) is 14.3. The average molecular weight is 472 g/mol. The molecule has 2 aromatic carbocycles. The third kappa shape index (κ3) is 3.45. The van der Waals surface area contributed by atoms with Crippen LogP contribution in [-0.4, -0.2) is 26.5 Å². The van der Waals surface area contributed by atoms with Crippen LogP contribution in [0, 0.1) is 5.92 Å². The molecule has 0 saturated heterocycles. The Morgan fingerprint density at radius 3 is 2.73 bits per heavy atom. The van der Waals surface area contributed by atoms with E-state index < -0.39 is 29.0 Å². The summed E-state index contributed by atoms with van der Waals surface area (Å²) in [7, 11) is 0. The van der Waals surface area contributed by atoms with Gasteiger partial charge in [0.1, 0.15) is 0 Å². The molecule has 8 nitrogen and oxygen atoms in total. The molecular formula is C21H18BrN3O5. The molecule has 0 radical (unpaired) electrons. The largest absolute Gasteiger partial charge is 0.478 e. The van der Waals surface area contributed by atoms with Crippen LogP contribution in [0.3, 0.4) is 0 Å². The molecule has 2 atom stereocenters. The number of aromatic carboxylic acids is 1. The zero-order chi connectivity index (χ0) is 21.6. The normalized spacial score (nSPS) is 17.7. The van der Waals surface area contributed by atoms with Gasteiger partial charge in [0.05, 0.1) is 22.3 Å². The van der Waals surface area contributed by atoms with E-state index >= 15 is 0 Å². The van der Waals surface area contributed by atoms with E-state index in [9.17, 15) is 24.3 Å². The summed E-state index contributed by atoms with van der Waals surface area (Å²) in [6.45, 7) is 1.92. The lowest BCUT2D eigenvalue weighted by molar-refractivity contribution is -0.117. The Balaban J connectivity index is 1.74. The number of nitrogens with zero attached hydrogens (tertiary/aromatic N) is 1. The molecule has 1 aliphatic rings. The monoisotopic (exact) mass is 471 g/mol. The van der Waals surface area contributed by atoms with Crippen LogP contribution in [0.2, 0.25) is 0 Å². The van der Waals surface area contributed by atoms with Gasteiger partial charge >= 0.3 is 17.1 Å². The number of carboxylic acid groups (broad SMARTS) is 1. The fraction of sp³-hybridized carbons (Fsp3) is 0.238. The Morgan fingerprint density at radius 2 is 2.00 bits per heavy atom. The summed E-state index contributed by atoms with van der Waals surface area (Å²) in [6.07, 6.45) is 0.564. The van der Waals surface area contributed by atoms with Crippen molar-refractivity contribution in [1.29, 1.82) is 0 Å². The van der Waals surface area contributed by atoms with Gasteiger partial charge in [-0.25, -0.2) is 4.79 Å². The SMILES string of the molecule is CC1Cc2cc(Br)cc3[nH]c(=O)c(=O)n(c23)C1CC(=O)Nc1ccccc1C(=O)O. The Hall–Kier alpha value is -3.20. The molecule has 1 amide bonds. The maximum atomic E-state index is 12.8. The lowest BCUT2D eigenvalue weighted by Crippen LogP contribution is -2.43. The first-order valence-electron chi connectivity index (χ1n) is 9.35. The van der Waals surface area contributed by atoms with Gasteiger partial charge in [-0.1, -0.05) is 35.0 Å². The topological polar surface area (TPSA) is 121 Å². The van der Waals surface area contributed by atoms with E-state index in [0.717, 1.165) is 10.0 Å². The highest BCUT2D eigenvalue weighted by Gasteiger charge is 2.31. The third-order valence-corrected chi connectivity index (χ3v) is 5.87. The van der Waals surface area contributed by atoms with E-state index in [1.54, 1.807) is 18.2 Å². The minimum absolute atomic E-state index is 0.0200. The molecule has 0 saturated carbocycles. The number of rotatable bonds is 4. The van der Waals surface area contributed by atoms with E-state index in [1.807, 2.05) is 13.0 Å². The second kappa shape index (κ2) is 7.56. The predicted molar refractivity (Wildman–Crippen MR) is 115 cm³/mol. The summed E-state index contributed by atoms with van der Waals surface area (Å²) >= 11 is 3.43. The summed E-state index contributed by atoms with van der Waals surface area (Å²) in [5.41, 5.74) is 0.763. The third-order valence-electron chi connectivity index (χ3n) is 5.41. The number of benzene rings is 2. The van der Waals surface area contributed by atoms with Crippen molar-refractivity contribution in [3.63, 3.8) is 0 Å². The van der Waals surface area contributed by atoms with Crippen LogP contribution in [0.5, 0.6) is 0 Å². The van der Waals surface area contributed by atoms with Gasteiger partial charge in [0, 0.05) is 16.9 Å². The Bertz CT molecular complexity index is 1310. The first-order valence-corrected chi connectivity index (χ1v) is 10.1. The Kier molecular flexibility index (Phi) is 5.07. The highest BCUT2D eigenvalue weighted by molar-refractivity contribution is 9.10. The molecule has 2 heterocycles. The van der Waals surface area contributed by atoms with Gasteiger partial charge in [0.25, 0.3) is 0 Å². The zero-order valence-electron chi connectivity index (χ0n) is 15.9. The number of hydrogen-bond donors (Lipinski definition) is 3. The smallest absolute Gasteiger partial charge is 0.337 e. The van der Waals surface area contributed by atoms with Crippen molar-refractivity contribution in [2.24, 2.45) is 5.92 Å². The fourth-order valence-electron chi connectivity index (χ4n) is 4.09. The van der Waals surface area contributed by atoms with E-state index in [0.29, 0.717) is 17.5 Å². The Morgan fingerprint density at radius 1 is 1.27 bits per heavy atom. The maximum Gasteiger partial charge on any atom is 0.337 e.